The molecule has 0 aliphatic carbocycles. The highest BCUT2D eigenvalue weighted by Crippen LogP contribution is 2.29. The molecule has 9 nitrogen and oxygen atoms in total. The van der Waals surface area contributed by atoms with Gasteiger partial charge in [0.1, 0.15) is 5.75 Å². The van der Waals surface area contributed by atoms with Crippen molar-refractivity contribution in [3.63, 3.8) is 0 Å². The summed E-state index contributed by atoms with van der Waals surface area (Å²) < 4.78 is 10.4. The zero-order valence-electron chi connectivity index (χ0n) is 14.6. The lowest BCUT2D eigenvalue weighted by Gasteiger charge is -2.35. The van der Waals surface area contributed by atoms with Crippen LogP contribution in [0.15, 0.2) is 41.0 Å². The van der Waals surface area contributed by atoms with E-state index in [2.05, 4.69) is 5.32 Å². The molecule has 0 atom stereocenters. The van der Waals surface area contributed by atoms with E-state index >= 15 is 0 Å². The first-order valence-corrected chi connectivity index (χ1v) is 8.61. The van der Waals surface area contributed by atoms with Crippen LogP contribution in [0.2, 0.25) is 0 Å². The highest BCUT2D eigenvalue weighted by atomic mass is 32.1. The minimum Gasteiger partial charge on any atom is -0.494 e. The Morgan fingerprint density at radius 1 is 1.26 bits per heavy atom. The van der Waals surface area contributed by atoms with Crippen LogP contribution in [0.25, 0.3) is 0 Å². The SMILES string of the molecule is COc1cc([N+](=O)[O-])ccc1NC(=S)N1CCN(C(=O)c2ccco2)CC1. The van der Waals surface area contributed by atoms with E-state index in [1.807, 2.05) is 4.90 Å². The standard InChI is InChI=1S/C17H18N4O5S/c1-25-15-11-12(21(23)24)4-5-13(15)18-17(27)20-8-6-19(7-9-20)16(22)14-3-2-10-26-14/h2-5,10-11H,6-9H2,1H3,(H,18,27). The molecule has 0 bridgehead atoms. The van der Waals surface area contributed by atoms with Crippen molar-refractivity contribution >= 4 is 34.6 Å². The van der Waals surface area contributed by atoms with Crippen molar-refractivity contribution in [1.82, 2.24) is 9.80 Å². The molecule has 142 valence electrons. The van der Waals surface area contributed by atoms with Crippen LogP contribution in [0, 0.1) is 10.1 Å². The Kier molecular flexibility index (Phi) is 5.55. The van der Waals surface area contributed by atoms with E-state index < -0.39 is 4.92 Å². The molecule has 10 heteroatoms. The van der Waals surface area contributed by atoms with Gasteiger partial charge in [-0.3, -0.25) is 14.9 Å². The summed E-state index contributed by atoms with van der Waals surface area (Å²) >= 11 is 5.44. The van der Waals surface area contributed by atoms with Crippen LogP contribution in [-0.4, -0.2) is 59.0 Å². The number of nitrogens with one attached hydrogen (secondary N) is 1. The van der Waals surface area contributed by atoms with Gasteiger partial charge in [-0.05, 0) is 30.4 Å². The molecule has 2 heterocycles. The van der Waals surface area contributed by atoms with Gasteiger partial charge >= 0.3 is 0 Å². The predicted molar refractivity (Wildman–Crippen MR) is 102 cm³/mol. The normalized spacial score (nSPS) is 14.0. The number of non-ortho nitro benzene ring substituents is 1. The first-order valence-electron chi connectivity index (χ1n) is 8.20. The molecule has 1 aliphatic heterocycles. The van der Waals surface area contributed by atoms with E-state index in [-0.39, 0.29) is 11.6 Å². The van der Waals surface area contributed by atoms with Crippen LogP contribution in [0.4, 0.5) is 11.4 Å². The summed E-state index contributed by atoms with van der Waals surface area (Å²) in [6, 6.07) is 7.60. The number of nitrogens with zero attached hydrogens (tertiary/aromatic N) is 3. The lowest BCUT2D eigenvalue weighted by molar-refractivity contribution is -0.384. The molecule has 2 aromatic rings. The Balaban J connectivity index is 1.60. The summed E-state index contributed by atoms with van der Waals surface area (Å²) in [5, 5.41) is 14.4. The number of thiocarbonyl (C=S) groups is 1. The van der Waals surface area contributed by atoms with Crippen LogP contribution in [-0.2, 0) is 0 Å². The van der Waals surface area contributed by atoms with Crippen LogP contribution < -0.4 is 10.1 Å². The number of hydrogen-bond donors (Lipinski definition) is 1. The van der Waals surface area contributed by atoms with Gasteiger partial charge in [-0.2, -0.15) is 0 Å². The number of benzene rings is 1. The van der Waals surface area contributed by atoms with Gasteiger partial charge < -0.3 is 24.3 Å². The fourth-order valence-corrected chi connectivity index (χ4v) is 3.05. The van der Waals surface area contributed by atoms with E-state index in [1.165, 1.54) is 25.5 Å². The Labute approximate surface area is 160 Å². The van der Waals surface area contributed by atoms with Crippen molar-refractivity contribution in [2.24, 2.45) is 0 Å². The Bertz CT molecular complexity index is 847. The van der Waals surface area contributed by atoms with Crippen molar-refractivity contribution < 1.29 is 18.9 Å². The molecule has 1 N–H and O–H groups in total. The van der Waals surface area contributed by atoms with Crippen molar-refractivity contribution in [3.05, 3.63) is 52.5 Å². The van der Waals surface area contributed by atoms with Gasteiger partial charge in [-0.15, -0.1) is 0 Å². The number of anilines is 1. The maximum atomic E-state index is 12.3. The van der Waals surface area contributed by atoms with Crippen molar-refractivity contribution in [1.29, 1.82) is 0 Å². The number of amides is 1. The van der Waals surface area contributed by atoms with Gasteiger partial charge in [0.15, 0.2) is 10.9 Å². The summed E-state index contributed by atoms with van der Waals surface area (Å²) in [6.45, 7) is 2.15. The molecule has 0 unspecified atom stereocenters. The van der Waals surface area contributed by atoms with Crippen molar-refractivity contribution in [2.75, 3.05) is 38.6 Å². The summed E-state index contributed by atoms with van der Waals surface area (Å²) in [6.07, 6.45) is 1.47. The van der Waals surface area contributed by atoms with Crippen molar-refractivity contribution in [2.45, 2.75) is 0 Å². The highest BCUT2D eigenvalue weighted by Gasteiger charge is 2.25. The van der Waals surface area contributed by atoms with Gasteiger partial charge in [-0.1, -0.05) is 0 Å². The van der Waals surface area contributed by atoms with Crippen LogP contribution in [0.1, 0.15) is 10.6 Å². The monoisotopic (exact) mass is 390 g/mol. The molecule has 0 spiro atoms. The topological polar surface area (TPSA) is 101 Å². The summed E-state index contributed by atoms with van der Waals surface area (Å²) in [5.41, 5.74) is 0.482. The number of furan rings is 1. The Hall–Kier alpha value is -3.14. The zero-order chi connectivity index (χ0) is 19.4. The van der Waals surface area contributed by atoms with E-state index in [9.17, 15) is 14.9 Å². The Morgan fingerprint density at radius 3 is 2.56 bits per heavy atom. The minimum atomic E-state index is -0.486. The average Bonchev–Trinajstić information content (AvgIpc) is 3.22. The van der Waals surface area contributed by atoms with E-state index in [4.69, 9.17) is 21.4 Å². The molecule has 27 heavy (non-hydrogen) atoms. The van der Waals surface area contributed by atoms with Crippen molar-refractivity contribution in [3.8, 4) is 5.75 Å². The number of piperazine rings is 1. The number of ether oxygens (including phenoxy) is 1. The number of methoxy groups -OCH3 is 1. The molecule has 1 amide bonds. The lowest BCUT2D eigenvalue weighted by atomic mass is 10.2. The number of nitro groups is 1. The largest absolute Gasteiger partial charge is 0.494 e. The Morgan fingerprint density at radius 2 is 1.96 bits per heavy atom. The molecule has 1 fully saturated rings. The molecule has 0 radical (unpaired) electrons. The average molecular weight is 390 g/mol. The molecule has 0 saturated carbocycles. The summed E-state index contributed by atoms with van der Waals surface area (Å²) in [5.74, 6) is 0.508. The second-order valence-corrected chi connectivity index (χ2v) is 6.22. The number of carbonyl (C=O) groups is 1. The predicted octanol–water partition coefficient (Wildman–Crippen LogP) is 2.35. The molecular formula is C17H18N4O5S. The van der Waals surface area contributed by atoms with Crippen LogP contribution >= 0.6 is 12.2 Å². The first-order chi connectivity index (χ1) is 13.0. The maximum absolute atomic E-state index is 12.3. The molecule has 1 aliphatic rings. The number of carbonyl (C=O) groups excluding carboxylic acids is 1. The number of rotatable bonds is 4. The molecule has 1 saturated heterocycles. The summed E-state index contributed by atoms with van der Waals surface area (Å²) in [4.78, 5) is 26.3. The van der Waals surface area contributed by atoms with Gasteiger partial charge in [0.05, 0.1) is 30.1 Å². The third-order valence-corrected chi connectivity index (χ3v) is 4.58. The molecule has 1 aromatic heterocycles. The first kappa shape index (κ1) is 18.6. The molecule has 1 aromatic carbocycles. The van der Waals surface area contributed by atoms with Gasteiger partial charge in [0.25, 0.3) is 11.6 Å². The number of hydrogen-bond acceptors (Lipinski definition) is 6. The zero-order valence-corrected chi connectivity index (χ0v) is 15.4. The number of nitro benzene ring substituents is 1. The second kappa shape index (κ2) is 8.04. The van der Waals surface area contributed by atoms with Crippen LogP contribution in [0.3, 0.4) is 0 Å². The van der Waals surface area contributed by atoms with E-state index in [0.29, 0.717) is 48.5 Å². The smallest absolute Gasteiger partial charge is 0.289 e. The second-order valence-electron chi connectivity index (χ2n) is 5.83. The van der Waals surface area contributed by atoms with E-state index in [1.54, 1.807) is 23.1 Å². The summed E-state index contributed by atoms with van der Waals surface area (Å²) in [7, 11) is 1.44. The van der Waals surface area contributed by atoms with Gasteiger partial charge in [0.2, 0.25) is 0 Å². The highest BCUT2D eigenvalue weighted by molar-refractivity contribution is 7.80. The lowest BCUT2D eigenvalue weighted by Crippen LogP contribution is -2.51. The third kappa shape index (κ3) is 4.17. The molecule has 3 rings (SSSR count). The van der Waals surface area contributed by atoms with Crippen LogP contribution in [0.5, 0.6) is 5.75 Å². The maximum Gasteiger partial charge on any atom is 0.289 e. The quantitative estimate of drug-likeness (QED) is 0.482. The van der Waals surface area contributed by atoms with E-state index in [0.717, 1.165) is 0 Å². The fourth-order valence-electron chi connectivity index (χ4n) is 2.76. The minimum absolute atomic E-state index is 0.0617. The van der Waals surface area contributed by atoms with Gasteiger partial charge in [0, 0.05) is 32.2 Å². The molecular weight excluding hydrogens is 372 g/mol. The fraction of sp³-hybridized carbons (Fsp3) is 0.294. The third-order valence-electron chi connectivity index (χ3n) is 4.22. The van der Waals surface area contributed by atoms with Gasteiger partial charge in [-0.25, -0.2) is 0 Å².